The number of hydrogen-bond donors (Lipinski definition) is 1. The number of piperazine rings is 1. The lowest BCUT2D eigenvalue weighted by atomic mass is 9.77. The number of carbonyl (C=O) groups excluding carboxylic acids is 2. The molecule has 4 rings (SSSR count). The summed E-state index contributed by atoms with van der Waals surface area (Å²) in [4.78, 5) is 39.0. The lowest BCUT2D eigenvalue weighted by molar-refractivity contribution is -0.129. The number of hydrogen-bond acceptors (Lipinski definition) is 7. The van der Waals surface area contributed by atoms with E-state index >= 15 is 0 Å². The van der Waals surface area contributed by atoms with E-state index in [4.69, 9.17) is 0 Å². The quantitative estimate of drug-likeness (QED) is 0.751. The van der Waals surface area contributed by atoms with Crippen LogP contribution < -0.4 is 15.1 Å². The highest BCUT2D eigenvalue weighted by Gasteiger charge is 2.50. The van der Waals surface area contributed by atoms with E-state index < -0.39 is 5.41 Å². The third kappa shape index (κ3) is 4.33. The molecule has 2 fully saturated rings. The van der Waals surface area contributed by atoms with Crippen molar-refractivity contribution >= 4 is 35.0 Å². The molecule has 9 heteroatoms. The van der Waals surface area contributed by atoms with Crippen LogP contribution in [0.4, 0.5) is 23.1 Å². The molecule has 0 unspecified atom stereocenters. The van der Waals surface area contributed by atoms with E-state index in [0.29, 0.717) is 24.7 Å². The zero-order valence-electron chi connectivity index (χ0n) is 19.3. The summed E-state index contributed by atoms with van der Waals surface area (Å²) in [5, 5.41) is 12.9. The third-order valence-corrected chi connectivity index (χ3v) is 6.67. The number of amides is 2. The number of benzene rings is 1. The maximum Gasteiger partial charge on any atom is 0.248 e. The van der Waals surface area contributed by atoms with Crippen LogP contribution in [0.25, 0.3) is 0 Å². The van der Waals surface area contributed by atoms with Crippen LogP contribution in [0.5, 0.6) is 0 Å². The second kappa shape index (κ2) is 9.06. The summed E-state index contributed by atoms with van der Waals surface area (Å²) in [6, 6.07) is 11.9. The van der Waals surface area contributed by atoms with Gasteiger partial charge in [0.2, 0.25) is 17.8 Å². The second-order valence-corrected chi connectivity index (χ2v) is 8.85. The lowest BCUT2D eigenvalue weighted by Gasteiger charge is -2.35. The van der Waals surface area contributed by atoms with Gasteiger partial charge in [-0.2, -0.15) is 10.2 Å². The SMILES string of the molecule is CC(=O)N1CCN(c2ccc(Nc3nccc(N4CC[C@@](C#N)(C(C)C)C4=O)n3)cc2)CC1. The van der Waals surface area contributed by atoms with Gasteiger partial charge in [0.1, 0.15) is 11.2 Å². The molecule has 2 aromatic rings. The normalized spacial score (nSPS) is 20.8. The number of nitrogens with one attached hydrogen (secondary N) is 1. The van der Waals surface area contributed by atoms with Crippen molar-refractivity contribution in [1.82, 2.24) is 14.9 Å². The van der Waals surface area contributed by atoms with Crippen molar-refractivity contribution in [2.24, 2.45) is 11.3 Å². The number of carbonyl (C=O) groups is 2. The van der Waals surface area contributed by atoms with Gasteiger partial charge in [-0.1, -0.05) is 13.8 Å². The first-order chi connectivity index (χ1) is 15.8. The Balaban J connectivity index is 1.43. The van der Waals surface area contributed by atoms with Gasteiger partial charge in [-0.25, -0.2) is 4.98 Å². The molecule has 0 saturated carbocycles. The minimum atomic E-state index is -0.996. The molecule has 1 aromatic carbocycles. The molecular weight excluding hydrogens is 418 g/mol. The Labute approximate surface area is 194 Å². The first-order valence-corrected chi connectivity index (χ1v) is 11.3. The average molecular weight is 448 g/mol. The molecule has 0 bridgehead atoms. The van der Waals surface area contributed by atoms with Crippen molar-refractivity contribution in [3.63, 3.8) is 0 Å². The first kappa shape index (κ1) is 22.5. The summed E-state index contributed by atoms with van der Waals surface area (Å²) in [7, 11) is 0. The van der Waals surface area contributed by atoms with Crippen molar-refractivity contribution in [2.75, 3.05) is 47.8 Å². The average Bonchev–Trinajstić information content (AvgIpc) is 3.17. The molecule has 172 valence electrons. The minimum Gasteiger partial charge on any atom is -0.368 e. The topological polar surface area (TPSA) is 105 Å². The Morgan fingerprint density at radius 2 is 1.82 bits per heavy atom. The van der Waals surface area contributed by atoms with E-state index in [9.17, 15) is 14.9 Å². The van der Waals surface area contributed by atoms with Crippen molar-refractivity contribution < 1.29 is 9.59 Å². The van der Waals surface area contributed by atoms with Crippen LogP contribution in [0, 0.1) is 22.7 Å². The summed E-state index contributed by atoms with van der Waals surface area (Å²) < 4.78 is 0. The van der Waals surface area contributed by atoms with Gasteiger partial charge in [0.15, 0.2) is 0 Å². The van der Waals surface area contributed by atoms with Crippen LogP contribution in [-0.4, -0.2) is 59.4 Å². The summed E-state index contributed by atoms with van der Waals surface area (Å²) in [5.74, 6) is 0.745. The second-order valence-electron chi connectivity index (χ2n) is 8.85. The van der Waals surface area contributed by atoms with Crippen LogP contribution in [0.2, 0.25) is 0 Å². The highest BCUT2D eigenvalue weighted by molar-refractivity contribution is 6.01. The monoisotopic (exact) mass is 447 g/mol. The molecule has 2 saturated heterocycles. The molecule has 2 amide bonds. The minimum absolute atomic E-state index is 0.0663. The van der Waals surface area contributed by atoms with E-state index in [2.05, 4.69) is 26.3 Å². The molecule has 2 aliphatic rings. The third-order valence-electron chi connectivity index (χ3n) is 6.67. The van der Waals surface area contributed by atoms with Gasteiger partial charge in [0, 0.05) is 57.2 Å². The van der Waals surface area contributed by atoms with Crippen LogP contribution in [0.1, 0.15) is 27.2 Å². The first-order valence-electron chi connectivity index (χ1n) is 11.3. The van der Waals surface area contributed by atoms with Gasteiger partial charge < -0.3 is 15.1 Å². The number of aromatic nitrogens is 2. The van der Waals surface area contributed by atoms with Crippen LogP contribution in [0.3, 0.4) is 0 Å². The molecule has 1 aromatic heterocycles. The van der Waals surface area contributed by atoms with Gasteiger partial charge in [0.05, 0.1) is 6.07 Å². The lowest BCUT2D eigenvalue weighted by Crippen LogP contribution is -2.48. The molecule has 0 spiro atoms. The standard InChI is InChI=1S/C24H29N7O2/c1-17(2)24(16-25)9-11-31(22(24)33)21-8-10-26-23(28-21)27-19-4-6-20(7-5-19)30-14-12-29(13-15-30)18(3)32/h4-8,10,17H,9,11-15H2,1-3H3,(H,26,27,28)/t24-/m1/s1. The van der Waals surface area contributed by atoms with Crippen molar-refractivity contribution in [2.45, 2.75) is 27.2 Å². The molecule has 33 heavy (non-hydrogen) atoms. The number of nitrogens with zero attached hydrogens (tertiary/aromatic N) is 6. The van der Waals surface area contributed by atoms with E-state index in [1.54, 1.807) is 24.1 Å². The number of anilines is 4. The molecular formula is C24H29N7O2. The van der Waals surface area contributed by atoms with Crippen molar-refractivity contribution in [3.05, 3.63) is 36.5 Å². The van der Waals surface area contributed by atoms with E-state index in [1.165, 1.54) is 0 Å². The molecule has 3 heterocycles. The van der Waals surface area contributed by atoms with Crippen LogP contribution in [0.15, 0.2) is 36.5 Å². The molecule has 0 radical (unpaired) electrons. The van der Waals surface area contributed by atoms with Gasteiger partial charge >= 0.3 is 0 Å². The Morgan fingerprint density at radius 1 is 1.12 bits per heavy atom. The predicted octanol–water partition coefficient (Wildman–Crippen LogP) is 2.79. The Kier molecular flexibility index (Phi) is 6.18. The molecule has 2 aliphatic heterocycles. The summed E-state index contributed by atoms with van der Waals surface area (Å²) >= 11 is 0. The Morgan fingerprint density at radius 3 is 2.39 bits per heavy atom. The van der Waals surface area contributed by atoms with Gasteiger partial charge in [-0.3, -0.25) is 14.5 Å². The molecule has 1 atom stereocenters. The molecule has 9 nitrogen and oxygen atoms in total. The highest BCUT2D eigenvalue weighted by Crippen LogP contribution is 2.40. The van der Waals surface area contributed by atoms with Crippen LogP contribution >= 0.6 is 0 Å². The maximum atomic E-state index is 13.0. The van der Waals surface area contributed by atoms with Gasteiger partial charge in [-0.05, 0) is 42.7 Å². The fraction of sp³-hybridized carbons (Fsp3) is 0.458. The molecule has 1 N–H and O–H groups in total. The summed E-state index contributed by atoms with van der Waals surface area (Å²) in [6.07, 6.45) is 2.11. The fourth-order valence-corrected chi connectivity index (χ4v) is 4.45. The van der Waals surface area contributed by atoms with E-state index in [0.717, 1.165) is 37.6 Å². The summed E-state index contributed by atoms with van der Waals surface area (Å²) in [6.45, 7) is 8.96. The summed E-state index contributed by atoms with van der Waals surface area (Å²) in [5.41, 5.74) is 0.937. The molecule has 0 aliphatic carbocycles. The smallest absolute Gasteiger partial charge is 0.248 e. The Hall–Kier alpha value is -3.67. The largest absolute Gasteiger partial charge is 0.368 e. The van der Waals surface area contributed by atoms with E-state index in [1.807, 2.05) is 43.0 Å². The van der Waals surface area contributed by atoms with E-state index in [-0.39, 0.29) is 17.7 Å². The highest BCUT2D eigenvalue weighted by atomic mass is 16.2. The van der Waals surface area contributed by atoms with Crippen LogP contribution in [-0.2, 0) is 9.59 Å². The zero-order chi connectivity index (χ0) is 23.6. The van der Waals surface area contributed by atoms with Crippen molar-refractivity contribution in [3.8, 4) is 6.07 Å². The maximum absolute atomic E-state index is 13.0. The number of nitriles is 1. The fourth-order valence-electron chi connectivity index (χ4n) is 4.45. The zero-order valence-corrected chi connectivity index (χ0v) is 19.3. The van der Waals surface area contributed by atoms with Gasteiger partial charge in [0.25, 0.3) is 0 Å². The number of rotatable bonds is 5. The van der Waals surface area contributed by atoms with Crippen molar-refractivity contribution in [1.29, 1.82) is 5.26 Å². The Bertz CT molecular complexity index is 1070. The van der Waals surface area contributed by atoms with Gasteiger partial charge in [-0.15, -0.1) is 0 Å². The predicted molar refractivity (Wildman–Crippen MR) is 126 cm³/mol.